The summed E-state index contributed by atoms with van der Waals surface area (Å²) in [5.41, 5.74) is -2.00. The number of hydrogen-bond donors (Lipinski definition) is 1. The summed E-state index contributed by atoms with van der Waals surface area (Å²) in [6, 6.07) is 1.92. The first-order chi connectivity index (χ1) is 17.1. The van der Waals surface area contributed by atoms with Gasteiger partial charge in [0.1, 0.15) is 17.3 Å². The van der Waals surface area contributed by atoms with Crippen molar-refractivity contribution in [3.05, 3.63) is 41.2 Å². The Morgan fingerprint density at radius 3 is 2.44 bits per heavy atom. The van der Waals surface area contributed by atoms with E-state index in [1.54, 1.807) is 0 Å². The number of hydrogen-bond acceptors (Lipinski definition) is 5. The number of likely N-dealkylation sites (tertiary alicyclic amines) is 1. The molecule has 1 N–H and O–H groups in total. The molecule has 0 bridgehead atoms. The third kappa shape index (κ3) is 4.88. The normalized spacial score (nSPS) is 27.1. The van der Waals surface area contributed by atoms with Gasteiger partial charge in [-0.05, 0) is 55.6 Å². The van der Waals surface area contributed by atoms with Crippen LogP contribution >= 0.6 is 0 Å². The van der Waals surface area contributed by atoms with E-state index in [4.69, 9.17) is 7.48 Å². The van der Waals surface area contributed by atoms with Gasteiger partial charge in [0.05, 0.1) is 0 Å². The Bertz CT molecular complexity index is 1100. The monoisotopic (exact) mass is 484 g/mol. The van der Waals surface area contributed by atoms with Gasteiger partial charge in [-0.1, -0.05) is 0 Å². The zero-order chi connectivity index (χ0) is 25.6. The van der Waals surface area contributed by atoms with E-state index in [0.29, 0.717) is 51.3 Å². The van der Waals surface area contributed by atoms with Gasteiger partial charge in [0, 0.05) is 58.8 Å². The summed E-state index contributed by atoms with van der Waals surface area (Å²) in [6.45, 7) is 1.03. The van der Waals surface area contributed by atoms with Gasteiger partial charge in [-0.3, -0.25) is 0 Å². The van der Waals surface area contributed by atoms with Crippen LogP contribution in [-0.2, 0) is 4.74 Å². The molecule has 1 aliphatic carbocycles. The van der Waals surface area contributed by atoms with E-state index >= 15 is 0 Å². The molecule has 184 valence electrons. The number of alkyl halides is 2. The van der Waals surface area contributed by atoms with Crippen LogP contribution in [0.25, 0.3) is 11.3 Å². The maximum absolute atomic E-state index is 14.2. The average Bonchev–Trinajstić information content (AvgIpc) is 3.41. The van der Waals surface area contributed by atoms with Gasteiger partial charge in [0.2, 0.25) is 0 Å². The number of rotatable bonds is 6. The largest absolute Gasteiger partial charge is 0.381 e. The van der Waals surface area contributed by atoms with Gasteiger partial charge in [-0.2, -0.15) is 0 Å². The molecule has 1 aromatic carbocycles. The first-order valence-corrected chi connectivity index (χ1v) is 11.5. The molecule has 3 aliphatic rings. The summed E-state index contributed by atoms with van der Waals surface area (Å²) in [4.78, 5) is 1.94. The molecular formula is C24H27F5N4O. The van der Waals surface area contributed by atoms with Crippen molar-refractivity contribution in [2.24, 2.45) is 17.8 Å². The maximum Gasteiger partial charge on any atom is 0.266 e. The highest BCUT2D eigenvalue weighted by Gasteiger charge is 2.41. The number of nitrogens with zero attached hydrogens (tertiary/aromatic N) is 3. The van der Waals surface area contributed by atoms with Crippen LogP contribution in [0.4, 0.5) is 27.8 Å². The van der Waals surface area contributed by atoms with Crippen LogP contribution in [-0.4, -0.2) is 53.9 Å². The van der Waals surface area contributed by atoms with Crippen LogP contribution in [0.2, 0.25) is 0 Å². The van der Waals surface area contributed by atoms with Crippen molar-refractivity contribution in [2.75, 3.05) is 38.1 Å². The fourth-order valence-corrected chi connectivity index (χ4v) is 5.40. The molecule has 1 unspecified atom stereocenters. The fraction of sp³-hybridized carbons (Fsp3) is 0.583. The number of anilines is 1. The lowest BCUT2D eigenvalue weighted by Gasteiger charge is -2.27. The quantitative estimate of drug-likeness (QED) is 0.460. The Balaban J connectivity index is 1.27. The molecule has 2 aromatic rings. The lowest BCUT2D eigenvalue weighted by molar-refractivity contribution is 0.0545. The molecule has 10 heteroatoms. The molecule has 1 aromatic heterocycles. The van der Waals surface area contributed by atoms with Crippen LogP contribution in [0.1, 0.15) is 40.4 Å². The molecule has 3 heterocycles. The van der Waals surface area contributed by atoms with Crippen molar-refractivity contribution >= 4 is 5.82 Å². The summed E-state index contributed by atoms with van der Waals surface area (Å²) < 4.78 is 91.7. The van der Waals surface area contributed by atoms with Gasteiger partial charge >= 0.3 is 0 Å². The maximum atomic E-state index is 14.2. The smallest absolute Gasteiger partial charge is 0.266 e. The van der Waals surface area contributed by atoms with Crippen LogP contribution in [0.3, 0.4) is 0 Å². The molecule has 5 rings (SSSR count). The van der Waals surface area contributed by atoms with Crippen molar-refractivity contribution in [1.29, 1.82) is 0 Å². The first kappa shape index (κ1) is 21.0. The Kier molecular flexibility index (Phi) is 6.01. The second-order valence-corrected chi connectivity index (χ2v) is 9.34. The molecule has 34 heavy (non-hydrogen) atoms. The van der Waals surface area contributed by atoms with Crippen molar-refractivity contribution in [3.8, 4) is 11.3 Å². The molecule has 0 radical (unpaired) electrons. The predicted molar refractivity (Wildman–Crippen MR) is 116 cm³/mol. The lowest BCUT2D eigenvalue weighted by atomic mass is 10.00. The SMILES string of the molecule is [2H]C([2H])(C1CCOCC1)N1C[C@H]2CC(Nc3cc(C(F)F)c(-c4cc(F)cc(F)c4F)nn3)C[C@H]2C1. The highest BCUT2D eigenvalue weighted by atomic mass is 19.3. The van der Waals surface area contributed by atoms with Gasteiger partial charge in [-0.15, -0.1) is 10.2 Å². The summed E-state index contributed by atoms with van der Waals surface area (Å²) >= 11 is 0. The standard InChI is InChI=1S/C24H27F5N4O/c25-16-7-18(22(27)20(26)8-16)23-19(24(28)29)9-21(31-32-23)30-17-5-14-11-33(12-15(14)6-17)10-13-1-3-34-4-2-13/h7-9,13-15,17,24H,1-6,10-12H2,(H,30,31)/t14-,15+,17?/i10D2. The van der Waals surface area contributed by atoms with Gasteiger partial charge in [-0.25, -0.2) is 22.0 Å². The van der Waals surface area contributed by atoms with Gasteiger partial charge in [0.15, 0.2) is 11.6 Å². The zero-order valence-electron chi connectivity index (χ0n) is 20.4. The fourth-order valence-electron chi connectivity index (χ4n) is 5.40. The van der Waals surface area contributed by atoms with Gasteiger partial charge < -0.3 is 15.0 Å². The van der Waals surface area contributed by atoms with E-state index in [1.807, 2.05) is 4.90 Å². The number of halogens is 5. The molecule has 3 fully saturated rings. The van der Waals surface area contributed by atoms with E-state index in [9.17, 15) is 22.0 Å². The molecule has 0 amide bonds. The Morgan fingerprint density at radius 2 is 1.76 bits per heavy atom. The van der Waals surface area contributed by atoms with E-state index in [-0.39, 0.29) is 29.6 Å². The van der Waals surface area contributed by atoms with Crippen LogP contribution < -0.4 is 5.32 Å². The third-order valence-electron chi connectivity index (χ3n) is 7.00. The minimum absolute atomic E-state index is 0.0584. The first-order valence-electron chi connectivity index (χ1n) is 12.5. The second kappa shape index (κ2) is 9.73. The Morgan fingerprint density at radius 1 is 1.06 bits per heavy atom. The number of benzene rings is 1. The number of nitrogens with one attached hydrogen (secondary N) is 1. The molecule has 3 atom stereocenters. The van der Waals surface area contributed by atoms with E-state index in [0.717, 1.165) is 18.9 Å². The van der Waals surface area contributed by atoms with Crippen molar-refractivity contribution in [1.82, 2.24) is 15.1 Å². The highest BCUT2D eigenvalue weighted by molar-refractivity contribution is 5.65. The summed E-state index contributed by atoms with van der Waals surface area (Å²) in [5, 5.41) is 10.7. The minimum Gasteiger partial charge on any atom is -0.381 e. The van der Waals surface area contributed by atoms with E-state index in [2.05, 4.69) is 15.5 Å². The number of ether oxygens (including phenoxy) is 1. The van der Waals surface area contributed by atoms with Gasteiger partial charge in [0.25, 0.3) is 6.43 Å². The summed E-state index contributed by atoms with van der Waals surface area (Å²) in [6.07, 6.45) is -0.206. The highest BCUT2D eigenvalue weighted by Crippen LogP contribution is 2.40. The average molecular weight is 485 g/mol. The van der Waals surface area contributed by atoms with Crippen LogP contribution in [0.15, 0.2) is 18.2 Å². The topological polar surface area (TPSA) is 50.3 Å². The molecule has 1 saturated carbocycles. The number of fused-ring (bicyclic) bond motifs is 1. The van der Waals surface area contributed by atoms with E-state index in [1.165, 1.54) is 0 Å². The van der Waals surface area contributed by atoms with Crippen LogP contribution in [0.5, 0.6) is 0 Å². The lowest BCUT2D eigenvalue weighted by Crippen LogP contribution is -2.32. The second-order valence-electron chi connectivity index (χ2n) is 9.34. The Labute approximate surface area is 197 Å². The third-order valence-corrected chi connectivity index (χ3v) is 7.00. The summed E-state index contributed by atoms with van der Waals surface area (Å²) in [5.74, 6) is -3.53. The van der Waals surface area contributed by atoms with Crippen LogP contribution in [0, 0.1) is 35.2 Å². The molecule has 2 aliphatic heterocycles. The van der Waals surface area contributed by atoms with Crippen molar-refractivity contribution < 1.29 is 29.4 Å². The van der Waals surface area contributed by atoms with Crippen molar-refractivity contribution in [3.63, 3.8) is 0 Å². The zero-order valence-corrected chi connectivity index (χ0v) is 18.4. The molecule has 5 nitrogen and oxygen atoms in total. The molecular weight excluding hydrogens is 455 g/mol. The molecule has 0 spiro atoms. The van der Waals surface area contributed by atoms with E-state index < -0.39 is 47.2 Å². The minimum atomic E-state index is -3.06. The van der Waals surface area contributed by atoms with Crippen molar-refractivity contribution in [2.45, 2.75) is 38.2 Å². The summed E-state index contributed by atoms with van der Waals surface area (Å²) in [7, 11) is 0. The Hall–Kier alpha value is -2.33. The number of aromatic nitrogens is 2. The predicted octanol–water partition coefficient (Wildman–Crippen LogP) is 5.05. The molecule has 2 saturated heterocycles.